The maximum Gasteiger partial charge on any atom is 0.314 e. The number of carbonyl (C=O) groups excluding carboxylic acids is 1. The number of esters is 1. The predicted molar refractivity (Wildman–Crippen MR) is 65.1 cm³/mol. The van der Waals surface area contributed by atoms with Gasteiger partial charge in [-0.1, -0.05) is 13.8 Å². The van der Waals surface area contributed by atoms with Gasteiger partial charge in [0.05, 0.1) is 18.8 Å². The first kappa shape index (κ1) is 10.7. The molecule has 0 amide bonds. The summed E-state index contributed by atoms with van der Waals surface area (Å²) in [6.07, 6.45) is 4.96. The van der Waals surface area contributed by atoms with E-state index in [0.717, 1.165) is 24.2 Å². The second-order valence-electron chi connectivity index (χ2n) is 6.53. The molecular weight excluding hydrogens is 228 g/mol. The normalized spacial score (nSPS) is 45.3. The van der Waals surface area contributed by atoms with E-state index in [1.54, 1.807) is 6.26 Å². The highest BCUT2D eigenvalue weighted by Gasteiger charge is 2.67. The SMILES string of the molecule is CC1CCC2(C)C3C(=O)OCC12Cc1occc13. The van der Waals surface area contributed by atoms with Crippen LogP contribution in [0.4, 0.5) is 0 Å². The third kappa shape index (κ3) is 0.930. The van der Waals surface area contributed by atoms with E-state index in [9.17, 15) is 4.79 Å². The number of fused-ring (bicyclic) bond motifs is 2. The molecule has 4 atom stereocenters. The smallest absolute Gasteiger partial charge is 0.314 e. The van der Waals surface area contributed by atoms with E-state index >= 15 is 0 Å². The van der Waals surface area contributed by atoms with Crippen LogP contribution in [0.5, 0.6) is 0 Å². The maximum absolute atomic E-state index is 12.3. The Morgan fingerprint density at radius 1 is 1.44 bits per heavy atom. The molecule has 3 aliphatic rings. The summed E-state index contributed by atoms with van der Waals surface area (Å²) < 4.78 is 11.2. The molecule has 1 aromatic rings. The molecule has 0 radical (unpaired) electrons. The highest BCUT2D eigenvalue weighted by Crippen LogP contribution is 2.68. The molecule has 2 aliphatic carbocycles. The van der Waals surface area contributed by atoms with Crippen LogP contribution in [0.25, 0.3) is 0 Å². The molecule has 0 aromatic carbocycles. The monoisotopic (exact) mass is 246 g/mol. The van der Waals surface area contributed by atoms with Crippen LogP contribution in [-0.4, -0.2) is 12.6 Å². The van der Waals surface area contributed by atoms with E-state index in [4.69, 9.17) is 9.15 Å². The quantitative estimate of drug-likeness (QED) is 0.661. The Kier molecular flexibility index (Phi) is 1.78. The number of carbonyl (C=O) groups is 1. The number of rotatable bonds is 0. The van der Waals surface area contributed by atoms with Crippen molar-refractivity contribution in [1.82, 2.24) is 0 Å². The lowest BCUT2D eigenvalue weighted by molar-refractivity contribution is -0.178. The third-order valence-corrected chi connectivity index (χ3v) is 6.09. The number of furan rings is 1. The van der Waals surface area contributed by atoms with E-state index in [2.05, 4.69) is 13.8 Å². The van der Waals surface area contributed by atoms with Crippen molar-refractivity contribution in [3.63, 3.8) is 0 Å². The molecule has 2 heterocycles. The van der Waals surface area contributed by atoms with E-state index in [-0.39, 0.29) is 22.7 Å². The molecule has 4 rings (SSSR count). The van der Waals surface area contributed by atoms with Gasteiger partial charge in [-0.25, -0.2) is 0 Å². The Labute approximate surface area is 106 Å². The highest BCUT2D eigenvalue weighted by atomic mass is 16.5. The molecule has 1 aromatic heterocycles. The Balaban J connectivity index is 1.99. The summed E-state index contributed by atoms with van der Waals surface area (Å²) in [4.78, 5) is 12.3. The standard InChI is InChI=1S/C15H18O3/c1-9-3-5-14(2)12-10-4-6-17-11(10)7-15(9,14)8-18-13(12)16/h4,6,9,12H,3,5,7-8H2,1-2H3. The van der Waals surface area contributed by atoms with Crippen molar-refractivity contribution in [2.24, 2.45) is 16.7 Å². The van der Waals surface area contributed by atoms with E-state index in [0.29, 0.717) is 12.5 Å². The van der Waals surface area contributed by atoms with Gasteiger partial charge in [0.1, 0.15) is 5.76 Å². The van der Waals surface area contributed by atoms with Gasteiger partial charge in [0.25, 0.3) is 0 Å². The Morgan fingerprint density at radius 2 is 2.28 bits per heavy atom. The van der Waals surface area contributed by atoms with Crippen LogP contribution in [0.2, 0.25) is 0 Å². The van der Waals surface area contributed by atoms with Gasteiger partial charge in [-0.2, -0.15) is 0 Å². The summed E-state index contributed by atoms with van der Waals surface area (Å²) in [5, 5.41) is 0. The summed E-state index contributed by atoms with van der Waals surface area (Å²) in [6.45, 7) is 5.16. The lowest BCUT2D eigenvalue weighted by Crippen LogP contribution is -2.56. The van der Waals surface area contributed by atoms with Gasteiger partial charge in [0, 0.05) is 17.4 Å². The number of hydrogen-bond donors (Lipinski definition) is 0. The minimum absolute atomic E-state index is 0.0513. The average molecular weight is 246 g/mol. The zero-order valence-electron chi connectivity index (χ0n) is 10.9. The molecule has 1 saturated heterocycles. The van der Waals surface area contributed by atoms with Gasteiger partial charge in [0.15, 0.2) is 0 Å². The Morgan fingerprint density at radius 3 is 3.11 bits per heavy atom. The van der Waals surface area contributed by atoms with Crippen LogP contribution in [0.3, 0.4) is 0 Å². The van der Waals surface area contributed by atoms with E-state index in [1.165, 1.54) is 6.42 Å². The number of ether oxygens (including phenoxy) is 1. The Hall–Kier alpha value is -1.25. The minimum Gasteiger partial charge on any atom is -0.469 e. The minimum atomic E-state index is -0.112. The van der Waals surface area contributed by atoms with Crippen molar-refractivity contribution in [1.29, 1.82) is 0 Å². The van der Waals surface area contributed by atoms with Crippen LogP contribution in [0.15, 0.2) is 16.7 Å². The van der Waals surface area contributed by atoms with Gasteiger partial charge in [-0.15, -0.1) is 0 Å². The highest BCUT2D eigenvalue weighted by molar-refractivity contribution is 5.81. The zero-order chi connectivity index (χ0) is 12.5. The summed E-state index contributed by atoms with van der Waals surface area (Å²) in [5.41, 5.74) is 1.22. The molecule has 96 valence electrons. The molecule has 3 nitrogen and oxygen atoms in total. The summed E-state index contributed by atoms with van der Waals surface area (Å²) in [6, 6.07) is 1.96. The maximum atomic E-state index is 12.3. The molecule has 18 heavy (non-hydrogen) atoms. The van der Waals surface area contributed by atoms with Crippen LogP contribution >= 0.6 is 0 Å². The summed E-state index contributed by atoms with van der Waals surface area (Å²) >= 11 is 0. The first-order chi connectivity index (χ1) is 8.58. The van der Waals surface area contributed by atoms with Crippen molar-refractivity contribution in [3.8, 4) is 0 Å². The van der Waals surface area contributed by atoms with Gasteiger partial charge < -0.3 is 9.15 Å². The van der Waals surface area contributed by atoms with Crippen LogP contribution in [-0.2, 0) is 16.0 Å². The molecule has 1 aliphatic heterocycles. The molecule has 2 bridgehead atoms. The number of cyclic esters (lactones) is 1. The van der Waals surface area contributed by atoms with Gasteiger partial charge in [-0.05, 0) is 30.2 Å². The molecule has 0 spiro atoms. The largest absolute Gasteiger partial charge is 0.469 e. The first-order valence-corrected chi connectivity index (χ1v) is 6.81. The zero-order valence-corrected chi connectivity index (χ0v) is 10.9. The molecule has 2 fully saturated rings. The molecule has 0 N–H and O–H groups in total. The van der Waals surface area contributed by atoms with Crippen LogP contribution in [0.1, 0.15) is 43.9 Å². The van der Waals surface area contributed by atoms with Crippen molar-refractivity contribution < 1.29 is 13.9 Å². The molecule has 3 heteroatoms. The summed E-state index contributed by atoms with van der Waals surface area (Å²) in [7, 11) is 0. The topological polar surface area (TPSA) is 39.4 Å². The second kappa shape index (κ2) is 3.01. The van der Waals surface area contributed by atoms with E-state index in [1.807, 2.05) is 6.07 Å². The fourth-order valence-electron chi connectivity index (χ4n) is 4.82. The fraction of sp³-hybridized carbons (Fsp3) is 0.667. The molecular formula is C15H18O3. The molecule has 4 unspecified atom stereocenters. The second-order valence-corrected chi connectivity index (χ2v) is 6.53. The third-order valence-electron chi connectivity index (χ3n) is 6.09. The van der Waals surface area contributed by atoms with Crippen molar-refractivity contribution in [3.05, 3.63) is 23.7 Å². The average Bonchev–Trinajstić information content (AvgIpc) is 2.86. The number of hydrogen-bond acceptors (Lipinski definition) is 3. The van der Waals surface area contributed by atoms with Crippen molar-refractivity contribution >= 4 is 5.97 Å². The van der Waals surface area contributed by atoms with Gasteiger partial charge in [-0.3, -0.25) is 4.79 Å². The van der Waals surface area contributed by atoms with Gasteiger partial charge >= 0.3 is 5.97 Å². The lowest BCUT2D eigenvalue weighted by Gasteiger charge is -2.55. The van der Waals surface area contributed by atoms with Gasteiger partial charge in [0.2, 0.25) is 0 Å². The van der Waals surface area contributed by atoms with Crippen LogP contribution in [0, 0.1) is 16.7 Å². The fourth-order valence-corrected chi connectivity index (χ4v) is 4.82. The summed E-state index contributed by atoms with van der Waals surface area (Å²) in [5.74, 6) is 1.45. The van der Waals surface area contributed by atoms with Crippen LogP contribution < -0.4 is 0 Å². The van der Waals surface area contributed by atoms with Crippen molar-refractivity contribution in [2.45, 2.75) is 39.0 Å². The first-order valence-electron chi connectivity index (χ1n) is 6.81. The van der Waals surface area contributed by atoms with Crippen molar-refractivity contribution in [2.75, 3.05) is 6.61 Å². The lowest BCUT2D eigenvalue weighted by atomic mass is 9.51. The molecule has 1 saturated carbocycles. The Bertz CT molecular complexity index is 532. The predicted octanol–water partition coefficient (Wildman–Crippen LogP) is 2.90. The van der Waals surface area contributed by atoms with E-state index < -0.39 is 0 Å².